The van der Waals surface area contributed by atoms with Crippen molar-refractivity contribution in [3.63, 3.8) is 0 Å². The predicted octanol–water partition coefficient (Wildman–Crippen LogP) is 4.19. The summed E-state index contributed by atoms with van der Waals surface area (Å²) in [5, 5.41) is 21.7. The summed E-state index contributed by atoms with van der Waals surface area (Å²) >= 11 is 1.65. The van der Waals surface area contributed by atoms with Gasteiger partial charge >= 0.3 is 0 Å². The van der Waals surface area contributed by atoms with E-state index < -0.39 is 0 Å². The van der Waals surface area contributed by atoms with E-state index in [4.69, 9.17) is 10.00 Å². The number of carbonyl (C=O) groups excluding carboxylic acids is 1. The molecule has 0 bridgehead atoms. The number of aromatic nitrogens is 4. The highest BCUT2D eigenvalue weighted by atomic mass is 32.1. The van der Waals surface area contributed by atoms with E-state index in [0.717, 1.165) is 51.2 Å². The van der Waals surface area contributed by atoms with Gasteiger partial charge in [-0.1, -0.05) is 0 Å². The molecule has 9 nitrogen and oxygen atoms in total. The maximum atomic E-state index is 12.9. The lowest BCUT2D eigenvalue weighted by Crippen LogP contribution is -2.52. The smallest absolute Gasteiger partial charge is 0.226 e. The Morgan fingerprint density at radius 1 is 1.34 bits per heavy atom. The van der Waals surface area contributed by atoms with Gasteiger partial charge < -0.3 is 15.0 Å². The molecular formula is C25H25N7O2S. The number of carbonyl (C=O) groups is 1. The summed E-state index contributed by atoms with van der Waals surface area (Å²) in [6, 6.07) is 6.21. The summed E-state index contributed by atoms with van der Waals surface area (Å²) in [6.45, 7) is 5.12. The Morgan fingerprint density at radius 3 is 3.00 bits per heavy atom. The van der Waals surface area contributed by atoms with Crippen LogP contribution in [0.25, 0.3) is 21.1 Å². The molecule has 1 aliphatic heterocycles. The summed E-state index contributed by atoms with van der Waals surface area (Å²) in [7, 11) is 0. The fourth-order valence-corrected chi connectivity index (χ4v) is 6.23. The highest BCUT2D eigenvalue weighted by Gasteiger charge is 2.37. The number of rotatable bonds is 5. The largest absolute Gasteiger partial charge is 0.489 e. The number of fused-ring (bicyclic) bond motifs is 4. The zero-order valence-electron chi connectivity index (χ0n) is 19.5. The summed E-state index contributed by atoms with van der Waals surface area (Å²) in [5.74, 6) is 1.59. The monoisotopic (exact) mass is 487 g/mol. The van der Waals surface area contributed by atoms with Crippen LogP contribution in [0.3, 0.4) is 0 Å². The summed E-state index contributed by atoms with van der Waals surface area (Å²) in [4.78, 5) is 26.0. The van der Waals surface area contributed by atoms with Gasteiger partial charge in [0, 0.05) is 35.3 Å². The molecule has 2 N–H and O–H groups in total. The first kappa shape index (κ1) is 21.8. The number of aromatic amines is 1. The van der Waals surface area contributed by atoms with Crippen LogP contribution in [0.15, 0.2) is 24.7 Å². The second-order valence-corrected chi connectivity index (χ2v) is 10.6. The van der Waals surface area contributed by atoms with E-state index in [9.17, 15) is 4.79 Å². The number of hydrogen-bond acceptors (Lipinski definition) is 8. The summed E-state index contributed by atoms with van der Waals surface area (Å²) < 4.78 is 6.08. The Labute approximate surface area is 206 Å². The molecule has 0 unspecified atom stereocenters. The molecular weight excluding hydrogens is 462 g/mol. The summed E-state index contributed by atoms with van der Waals surface area (Å²) in [5.41, 5.74) is 2.96. The molecule has 0 spiro atoms. The van der Waals surface area contributed by atoms with Gasteiger partial charge in [-0.3, -0.25) is 9.89 Å². The van der Waals surface area contributed by atoms with Gasteiger partial charge in [0.15, 0.2) is 0 Å². The Kier molecular flexibility index (Phi) is 5.29. The number of thiophene rings is 1. The molecule has 0 saturated carbocycles. The van der Waals surface area contributed by atoms with E-state index in [1.165, 1.54) is 10.4 Å². The molecule has 4 heterocycles. The van der Waals surface area contributed by atoms with E-state index >= 15 is 0 Å². The van der Waals surface area contributed by atoms with Crippen molar-refractivity contribution < 1.29 is 9.53 Å². The van der Waals surface area contributed by atoms with E-state index in [-0.39, 0.29) is 23.8 Å². The van der Waals surface area contributed by atoms with Gasteiger partial charge in [0.05, 0.1) is 40.9 Å². The topological polar surface area (TPSA) is 120 Å². The molecule has 4 aromatic rings. The Hall–Kier alpha value is -3.71. The lowest BCUT2D eigenvalue weighted by molar-refractivity contribution is -0.141. The van der Waals surface area contributed by atoms with Gasteiger partial charge in [-0.15, -0.1) is 11.3 Å². The normalized spacial score (nSPS) is 17.9. The molecule has 1 saturated heterocycles. The number of likely N-dealkylation sites (tertiary alicyclic amines) is 1. The van der Waals surface area contributed by atoms with E-state index in [1.54, 1.807) is 23.9 Å². The molecule has 3 aromatic heterocycles. The van der Waals surface area contributed by atoms with Crippen LogP contribution in [0.2, 0.25) is 0 Å². The number of nitrogens with one attached hydrogen (secondary N) is 2. The lowest BCUT2D eigenvalue weighted by atomic mass is 9.85. The van der Waals surface area contributed by atoms with Crippen molar-refractivity contribution in [2.75, 3.05) is 18.4 Å². The SMILES string of the molecule is CC(C)Oc1cc2[nH]ncc2cc1Nc1ncnc2sc3c(c12)CC[C@H](C(=O)N1CC(C#N)C1)C3. The van der Waals surface area contributed by atoms with Crippen LogP contribution < -0.4 is 10.1 Å². The molecule has 10 heteroatoms. The minimum atomic E-state index is -0.0332. The van der Waals surface area contributed by atoms with Crippen LogP contribution in [0, 0.1) is 23.2 Å². The second-order valence-electron chi connectivity index (χ2n) is 9.51. The highest BCUT2D eigenvalue weighted by molar-refractivity contribution is 7.19. The van der Waals surface area contributed by atoms with Gasteiger partial charge in [-0.25, -0.2) is 9.97 Å². The zero-order chi connectivity index (χ0) is 24.1. The van der Waals surface area contributed by atoms with Gasteiger partial charge in [-0.2, -0.15) is 10.4 Å². The van der Waals surface area contributed by atoms with Gasteiger partial charge in [0.25, 0.3) is 0 Å². The van der Waals surface area contributed by atoms with Crippen LogP contribution in [0.4, 0.5) is 11.5 Å². The van der Waals surface area contributed by atoms with Crippen molar-refractivity contribution in [3.05, 3.63) is 35.1 Å². The molecule has 0 radical (unpaired) electrons. The van der Waals surface area contributed by atoms with Gasteiger partial charge in [0.2, 0.25) is 5.91 Å². The molecule has 1 atom stereocenters. The number of hydrogen-bond donors (Lipinski definition) is 2. The zero-order valence-corrected chi connectivity index (χ0v) is 20.4. The third-order valence-electron chi connectivity index (χ3n) is 6.73. The number of aryl methyl sites for hydroxylation is 1. The number of nitriles is 1. The van der Waals surface area contributed by atoms with Crippen LogP contribution in [0.1, 0.15) is 30.7 Å². The van der Waals surface area contributed by atoms with E-state index in [0.29, 0.717) is 19.5 Å². The molecule has 6 rings (SSSR count). The van der Waals surface area contributed by atoms with Gasteiger partial charge in [0.1, 0.15) is 22.7 Å². The van der Waals surface area contributed by atoms with Crippen LogP contribution in [-0.4, -0.2) is 50.2 Å². The highest BCUT2D eigenvalue weighted by Crippen LogP contribution is 2.42. The van der Waals surface area contributed by atoms with Crippen molar-refractivity contribution >= 4 is 49.9 Å². The molecule has 1 aliphatic carbocycles. The number of H-pyrrole nitrogens is 1. The summed E-state index contributed by atoms with van der Waals surface area (Å²) in [6.07, 6.45) is 5.69. The molecule has 1 aromatic carbocycles. The van der Waals surface area contributed by atoms with Crippen molar-refractivity contribution in [1.82, 2.24) is 25.1 Å². The Bertz CT molecular complexity index is 1480. The molecule has 35 heavy (non-hydrogen) atoms. The molecule has 1 amide bonds. The second kappa shape index (κ2) is 8.50. The minimum Gasteiger partial charge on any atom is -0.489 e. The lowest BCUT2D eigenvalue weighted by Gasteiger charge is -2.38. The van der Waals surface area contributed by atoms with Crippen molar-refractivity contribution in [3.8, 4) is 11.8 Å². The Balaban J connectivity index is 1.31. The fourth-order valence-electron chi connectivity index (χ4n) is 4.96. The maximum Gasteiger partial charge on any atom is 0.226 e. The van der Waals surface area contributed by atoms with Crippen molar-refractivity contribution in [2.45, 2.75) is 39.2 Å². The molecule has 2 aliphatic rings. The minimum absolute atomic E-state index is 0.0135. The Morgan fingerprint density at radius 2 is 2.20 bits per heavy atom. The average molecular weight is 488 g/mol. The van der Waals surface area contributed by atoms with Crippen LogP contribution in [-0.2, 0) is 17.6 Å². The maximum absolute atomic E-state index is 12.9. The van der Waals surface area contributed by atoms with E-state index in [2.05, 4.69) is 31.6 Å². The average Bonchev–Trinajstić information content (AvgIpc) is 3.41. The first-order valence-corrected chi connectivity index (χ1v) is 12.7. The number of nitrogens with zero attached hydrogens (tertiary/aromatic N) is 5. The fraction of sp³-hybridized carbons (Fsp3) is 0.400. The van der Waals surface area contributed by atoms with Crippen molar-refractivity contribution in [1.29, 1.82) is 5.26 Å². The number of amides is 1. The first-order chi connectivity index (χ1) is 17.0. The van der Waals surface area contributed by atoms with Crippen LogP contribution in [0.5, 0.6) is 5.75 Å². The van der Waals surface area contributed by atoms with Crippen LogP contribution >= 0.6 is 11.3 Å². The predicted molar refractivity (Wildman–Crippen MR) is 134 cm³/mol. The van der Waals surface area contributed by atoms with Crippen molar-refractivity contribution in [2.24, 2.45) is 11.8 Å². The standard InChI is InChI=1S/C25H25N7O2S/c1-13(2)34-20-7-18-16(9-29-31-18)5-19(20)30-23-22-17-4-3-15(25(33)32-10-14(8-26)11-32)6-21(17)35-24(22)28-12-27-23/h5,7,9,12-15H,3-4,6,10-11H2,1-2H3,(H,29,31)(H,27,28,30)/t15-/m0/s1. The number of anilines is 2. The number of benzene rings is 1. The third-order valence-corrected chi connectivity index (χ3v) is 7.89. The quantitative estimate of drug-likeness (QED) is 0.433. The molecule has 178 valence electrons. The number of ether oxygens (including phenoxy) is 1. The van der Waals surface area contributed by atoms with Gasteiger partial charge in [-0.05, 0) is 44.7 Å². The van der Waals surface area contributed by atoms with E-state index in [1.807, 2.05) is 30.9 Å². The first-order valence-electron chi connectivity index (χ1n) is 11.8. The third kappa shape index (κ3) is 3.86. The molecule has 1 fully saturated rings.